The van der Waals surface area contributed by atoms with Crippen molar-refractivity contribution in [1.29, 1.82) is 10.5 Å². The minimum Gasteiger partial charge on any atom is -0.479 e. The van der Waals surface area contributed by atoms with Crippen LogP contribution in [0.15, 0.2) is 48.5 Å². The second kappa shape index (κ2) is 6.98. The van der Waals surface area contributed by atoms with Crippen molar-refractivity contribution in [2.45, 2.75) is 13.0 Å². The van der Waals surface area contributed by atoms with Gasteiger partial charge in [0.05, 0.1) is 11.6 Å². The molecule has 0 aromatic heterocycles. The Hall–Kier alpha value is -2.98. The van der Waals surface area contributed by atoms with Gasteiger partial charge in [-0.05, 0) is 48.9 Å². The van der Waals surface area contributed by atoms with Crippen LogP contribution < -0.4 is 10.1 Å². The fourth-order valence-corrected chi connectivity index (χ4v) is 1.94. The van der Waals surface area contributed by atoms with E-state index in [1.54, 1.807) is 12.1 Å². The number of nitrogens with one attached hydrogen (secondary N) is 1. The Morgan fingerprint density at radius 2 is 1.71 bits per heavy atom. The molecule has 21 heavy (non-hydrogen) atoms. The highest BCUT2D eigenvalue weighted by molar-refractivity contribution is 5.49. The van der Waals surface area contributed by atoms with Gasteiger partial charge in [0.2, 0.25) is 0 Å². The SMILES string of the molecule is CC(Nc1ccc(C#N)cc1)c1ccc(OCC#N)cc1. The molecule has 2 aromatic rings. The minimum absolute atomic E-state index is 0.0540. The van der Waals surface area contributed by atoms with Crippen LogP contribution in [0.2, 0.25) is 0 Å². The molecule has 1 N–H and O–H groups in total. The van der Waals surface area contributed by atoms with Crippen LogP contribution in [0.3, 0.4) is 0 Å². The van der Waals surface area contributed by atoms with Crippen LogP contribution in [-0.2, 0) is 0 Å². The second-order valence-electron chi connectivity index (χ2n) is 4.57. The Morgan fingerprint density at radius 1 is 1.05 bits per heavy atom. The Balaban J connectivity index is 2.00. The lowest BCUT2D eigenvalue weighted by atomic mass is 10.1. The smallest absolute Gasteiger partial charge is 0.174 e. The van der Waals surface area contributed by atoms with Gasteiger partial charge in [-0.15, -0.1) is 0 Å². The summed E-state index contributed by atoms with van der Waals surface area (Å²) in [5.74, 6) is 0.686. The van der Waals surface area contributed by atoms with Gasteiger partial charge < -0.3 is 10.1 Å². The highest BCUT2D eigenvalue weighted by Gasteiger charge is 2.05. The molecule has 0 aliphatic heterocycles. The summed E-state index contributed by atoms with van der Waals surface area (Å²) in [6.45, 7) is 2.11. The van der Waals surface area contributed by atoms with Crippen LogP contribution in [-0.4, -0.2) is 6.61 Å². The largest absolute Gasteiger partial charge is 0.479 e. The molecule has 0 aliphatic rings. The fraction of sp³-hybridized carbons (Fsp3) is 0.176. The zero-order chi connectivity index (χ0) is 15.1. The van der Waals surface area contributed by atoms with E-state index in [1.807, 2.05) is 42.5 Å². The van der Waals surface area contributed by atoms with Crippen LogP contribution in [0, 0.1) is 22.7 Å². The van der Waals surface area contributed by atoms with E-state index in [-0.39, 0.29) is 12.6 Å². The van der Waals surface area contributed by atoms with E-state index in [1.165, 1.54) is 0 Å². The van der Waals surface area contributed by atoms with Crippen LogP contribution >= 0.6 is 0 Å². The number of benzene rings is 2. The Bertz CT molecular complexity index is 663. The number of nitrogens with zero attached hydrogens (tertiary/aromatic N) is 2. The first-order valence-electron chi connectivity index (χ1n) is 6.59. The molecule has 2 aromatic carbocycles. The van der Waals surface area contributed by atoms with Crippen molar-refractivity contribution in [1.82, 2.24) is 0 Å². The van der Waals surface area contributed by atoms with Crippen molar-refractivity contribution in [2.24, 2.45) is 0 Å². The molecule has 104 valence electrons. The lowest BCUT2D eigenvalue weighted by Gasteiger charge is -2.16. The van der Waals surface area contributed by atoms with E-state index in [0.717, 1.165) is 11.3 Å². The molecule has 4 heteroatoms. The third-order valence-electron chi connectivity index (χ3n) is 3.08. The molecular weight excluding hydrogens is 262 g/mol. The van der Waals surface area contributed by atoms with Crippen molar-refractivity contribution in [3.8, 4) is 17.9 Å². The van der Waals surface area contributed by atoms with Crippen LogP contribution in [0.1, 0.15) is 24.1 Å². The summed E-state index contributed by atoms with van der Waals surface area (Å²) >= 11 is 0. The first-order chi connectivity index (χ1) is 10.2. The highest BCUT2D eigenvalue weighted by atomic mass is 16.5. The predicted octanol–water partition coefficient (Wildman–Crippen LogP) is 3.63. The van der Waals surface area contributed by atoms with E-state index < -0.39 is 0 Å². The third-order valence-corrected chi connectivity index (χ3v) is 3.08. The summed E-state index contributed by atoms with van der Waals surface area (Å²) in [5.41, 5.74) is 2.72. The van der Waals surface area contributed by atoms with Crippen molar-refractivity contribution in [2.75, 3.05) is 11.9 Å². The maximum atomic E-state index is 8.77. The second-order valence-corrected chi connectivity index (χ2v) is 4.57. The van der Waals surface area contributed by atoms with Crippen molar-refractivity contribution < 1.29 is 4.74 Å². The zero-order valence-electron chi connectivity index (χ0n) is 11.7. The maximum Gasteiger partial charge on any atom is 0.174 e. The highest BCUT2D eigenvalue weighted by Crippen LogP contribution is 2.21. The van der Waals surface area contributed by atoms with E-state index in [4.69, 9.17) is 15.3 Å². The zero-order valence-corrected chi connectivity index (χ0v) is 11.7. The maximum absolute atomic E-state index is 8.77. The molecule has 0 heterocycles. The molecule has 0 amide bonds. The summed E-state index contributed by atoms with van der Waals surface area (Å²) in [4.78, 5) is 0. The van der Waals surface area contributed by atoms with Gasteiger partial charge in [0, 0.05) is 11.7 Å². The van der Waals surface area contributed by atoms with Crippen LogP contribution in [0.5, 0.6) is 5.75 Å². The van der Waals surface area contributed by atoms with Gasteiger partial charge in [-0.3, -0.25) is 0 Å². The molecule has 2 rings (SSSR count). The molecule has 0 saturated heterocycles. The number of nitriles is 2. The molecular formula is C17H15N3O. The van der Waals surface area contributed by atoms with E-state index >= 15 is 0 Å². The number of rotatable bonds is 5. The Labute approximate surface area is 124 Å². The first-order valence-corrected chi connectivity index (χ1v) is 6.59. The Morgan fingerprint density at radius 3 is 2.29 bits per heavy atom. The van der Waals surface area contributed by atoms with Gasteiger partial charge in [-0.25, -0.2) is 0 Å². The summed E-state index contributed by atoms with van der Waals surface area (Å²) in [7, 11) is 0. The van der Waals surface area contributed by atoms with E-state index in [0.29, 0.717) is 11.3 Å². The number of hydrogen-bond acceptors (Lipinski definition) is 4. The quantitative estimate of drug-likeness (QED) is 0.906. The molecule has 4 nitrogen and oxygen atoms in total. The molecule has 0 saturated carbocycles. The van der Waals surface area contributed by atoms with Gasteiger partial charge >= 0.3 is 0 Å². The summed E-state index contributed by atoms with van der Waals surface area (Å²) in [5, 5.41) is 20.6. The van der Waals surface area contributed by atoms with Gasteiger partial charge in [-0.2, -0.15) is 10.5 Å². The summed E-state index contributed by atoms with van der Waals surface area (Å²) in [6.07, 6.45) is 0. The molecule has 0 fully saturated rings. The van der Waals surface area contributed by atoms with Crippen LogP contribution in [0.4, 0.5) is 5.69 Å². The molecule has 1 atom stereocenters. The van der Waals surface area contributed by atoms with Gasteiger partial charge in [0.1, 0.15) is 11.8 Å². The summed E-state index contributed by atoms with van der Waals surface area (Å²) < 4.78 is 5.22. The normalized spacial score (nSPS) is 11.0. The number of hydrogen-bond donors (Lipinski definition) is 1. The molecule has 0 spiro atoms. The fourth-order valence-electron chi connectivity index (χ4n) is 1.94. The monoisotopic (exact) mass is 277 g/mol. The van der Waals surface area contributed by atoms with Crippen molar-refractivity contribution >= 4 is 5.69 Å². The predicted molar refractivity (Wildman–Crippen MR) is 80.7 cm³/mol. The Kier molecular flexibility index (Phi) is 4.79. The van der Waals surface area contributed by atoms with Gasteiger partial charge in [0.25, 0.3) is 0 Å². The van der Waals surface area contributed by atoms with Gasteiger partial charge in [0.15, 0.2) is 6.61 Å². The average Bonchev–Trinajstić information content (AvgIpc) is 2.54. The topological polar surface area (TPSA) is 68.8 Å². The molecule has 0 aliphatic carbocycles. The lowest BCUT2D eigenvalue weighted by Crippen LogP contribution is -2.06. The third kappa shape index (κ3) is 3.99. The van der Waals surface area contributed by atoms with E-state index in [2.05, 4.69) is 18.3 Å². The molecule has 1 unspecified atom stereocenters. The summed E-state index contributed by atoms with van der Waals surface area (Å²) in [6, 6.07) is 19.1. The van der Waals surface area contributed by atoms with Crippen molar-refractivity contribution in [3.05, 3.63) is 59.7 Å². The first kappa shape index (κ1) is 14.4. The number of anilines is 1. The van der Waals surface area contributed by atoms with E-state index in [9.17, 15) is 0 Å². The van der Waals surface area contributed by atoms with Crippen molar-refractivity contribution in [3.63, 3.8) is 0 Å². The lowest BCUT2D eigenvalue weighted by molar-refractivity contribution is 0.368. The average molecular weight is 277 g/mol. The minimum atomic E-state index is 0.0540. The molecule has 0 radical (unpaired) electrons. The number of ether oxygens (including phenoxy) is 1. The standard InChI is InChI=1S/C17H15N3O/c1-13(20-16-6-2-14(12-19)3-7-16)15-4-8-17(9-5-15)21-11-10-18/h2-9,13,20H,11H2,1H3. The van der Waals surface area contributed by atoms with Gasteiger partial charge in [-0.1, -0.05) is 12.1 Å². The van der Waals surface area contributed by atoms with Crippen LogP contribution in [0.25, 0.3) is 0 Å². The molecule has 0 bridgehead atoms.